The molecule has 100 valence electrons. The molecular formula is C15H24N2O. The Morgan fingerprint density at radius 1 is 1.39 bits per heavy atom. The smallest absolute Gasteiger partial charge is 0.248 e. The summed E-state index contributed by atoms with van der Waals surface area (Å²) in [6.45, 7) is 10.7. The van der Waals surface area contributed by atoms with E-state index in [0.29, 0.717) is 11.5 Å². The van der Waals surface area contributed by atoms with E-state index in [0.717, 1.165) is 18.7 Å². The van der Waals surface area contributed by atoms with Gasteiger partial charge in [0.25, 0.3) is 0 Å². The second-order valence-electron chi connectivity index (χ2n) is 5.81. The van der Waals surface area contributed by atoms with E-state index in [1.54, 1.807) is 6.07 Å². The molecule has 0 saturated heterocycles. The lowest BCUT2D eigenvalue weighted by Gasteiger charge is -2.29. The van der Waals surface area contributed by atoms with Crippen LogP contribution in [0, 0.1) is 11.3 Å². The van der Waals surface area contributed by atoms with Crippen molar-refractivity contribution in [3.8, 4) is 0 Å². The molecule has 18 heavy (non-hydrogen) atoms. The minimum absolute atomic E-state index is 0.265. The molecule has 0 aliphatic carbocycles. The SMILES string of the molecule is CC(C)C(C)(C)CNCc1cccc(C(N)=O)c1. The second kappa shape index (κ2) is 6.01. The molecule has 0 aliphatic rings. The zero-order valence-corrected chi connectivity index (χ0v) is 11.8. The van der Waals surface area contributed by atoms with Crippen LogP contribution in [-0.4, -0.2) is 12.5 Å². The van der Waals surface area contributed by atoms with Crippen molar-refractivity contribution in [1.82, 2.24) is 5.32 Å². The monoisotopic (exact) mass is 248 g/mol. The molecule has 1 amide bonds. The van der Waals surface area contributed by atoms with Crippen LogP contribution in [0.15, 0.2) is 24.3 Å². The van der Waals surface area contributed by atoms with E-state index in [4.69, 9.17) is 5.73 Å². The Kier molecular flexibility index (Phi) is 4.91. The zero-order valence-electron chi connectivity index (χ0n) is 11.8. The highest BCUT2D eigenvalue weighted by molar-refractivity contribution is 5.92. The molecule has 0 atom stereocenters. The first-order valence-electron chi connectivity index (χ1n) is 6.42. The van der Waals surface area contributed by atoms with Crippen LogP contribution in [0.4, 0.5) is 0 Å². The number of amides is 1. The summed E-state index contributed by atoms with van der Waals surface area (Å²) < 4.78 is 0. The Labute approximate surface area is 110 Å². The molecule has 3 heteroatoms. The number of carbonyl (C=O) groups is 1. The van der Waals surface area contributed by atoms with Crippen LogP contribution < -0.4 is 11.1 Å². The predicted octanol–water partition coefficient (Wildman–Crippen LogP) is 2.56. The Bertz CT molecular complexity index is 411. The number of benzene rings is 1. The highest BCUT2D eigenvalue weighted by Crippen LogP contribution is 2.24. The number of rotatable bonds is 6. The number of hydrogen-bond acceptors (Lipinski definition) is 2. The third-order valence-corrected chi connectivity index (χ3v) is 3.68. The number of hydrogen-bond donors (Lipinski definition) is 2. The fourth-order valence-corrected chi connectivity index (χ4v) is 1.57. The molecule has 1 aromatic carbocycles. The largest absolute Gasteiger partial charge is 0.366 e. The first-order valence-corrected chi connectivity index (χ1v) is 6.42. The molecule has 0 spiro atoms. The Hall–Kier alpha value is -1.35. The molecule has 0 radical (unpaired) electrons. The van der Waals surface area contributed by atoms with Gasteiger partial charge in [-0.25, -0.2) is 0 Å². The highest BCUT2D eigenvalue weighted by atomic mass is 16.1. The van der Waals surface area contributed by atoms with Gasteiger partial charge in [-0.1, -0.05) is 39.8 Å². The number of nitrogens with two attached hydrogens (primary N) is 1. The van der Waals surface area contributed by atoms with Crippen LogP contribution in [0.1, 0.15) is 43.6 Å². The summed E-state index contributed by atoms with van der Waals surface area (Å²) in [5.74, 6) is 0.251. The molecule has 1 aromatic rings. The van der Waals surface area contributed by atoms with Gasteiger partial charge in [0.15, 0.2) is 0 Å². The van der Waals surface area contributed by atoms with Gasteiger partial charge >= 0.3 is 0 Å². The van der Waals surface area contributed by atoms with Crippen LogP contribution in [0.5, 0.6) is 0 Å². The topological polar surface area (TPSA) is 55.1 Å². The van der Waals surface area contributed by atoms with Crippen molar-refractivity contribution in [3.63, 3.8) is 0 Å². The van der Waals surface area contributed by atoms with E-state index in [2.05, 4.69) is 33.0 Å². The maximum Gasteiger partial charge on any atom is 0.248 e. The van der Waals surface area contributed by atoms with E-state index < -0.39 is 0 Å². The fraction of sp³-hybridized carbons (Fsp3) is 0.533. The lowest BCUT2D eigenvalue weighted by Crippen LogP contribution is -2.33. The van der Waals surface area contributed by atoms with Crippen molar-refractivity contribution >= 4 is 5.91 Å². The Morgan fingerprint density at radius 2 is 2.06 bits per heavy atom. The predicted molar refractivity (Wildman–Crippen MR) is 75.3 cm³/mol. The first kappa shape index (κ1) is 14.7. The summed E-state index contributed by atoms with van der Waals surface area (Å²) in [4.78, 5) is 11.1. The molecule has 0 aromatic heterocycles. The van der Waals surface area contributed by atoms with Gasteiger partial charge in [-0.05, 0) is 29.0 Å². The zero-order chi connectivity index (χ0) is 13.8. The van der Waals surface area contributed by atoms with Crippen LogP contribution in [0.2, 0.25) is 0 Å². The maximum absolute atomic E-state index is 11.1. The standard InChI is InChI=1S/C15H24N2O/c1-11(2)15(3,4)10-17-9-12-6-5-7-13(8-12)14(16)18/h5-8,11,17H,9-10H2,1-4H3,(H2,16,18). The normalized spacial score (nSPS) is 11.8. The molecule has 0 aliphatic heterocycles. The van der Waals surface area contributed by atoms with Crippen LogP contribution in [-0.2, 0) is 6.54 Å². The van der Waals surface area contributed by atoms with Gasteiger partial charge in [-0.3, -0.25) is 4.79 Å². The fourth-order valence-electron chi connectivity index (χ4n) is 1.57. The summed E-state index contributed by atoms with van der Waals surface area (Å²) in [7, 11) is 0. The minimum atomic E-state index is -0.376. The molecule has 3 nitrogen and oxygen atoms in total. The summed E-state index contributed by atoms with van der Waals surface area (Å²) >= 11 is 0. The molecule has 0 fully saturated rings. The van der Waals surface area contributed by atoms with Crippen LogP contribution in [0.25, 0.3) is 0 Å². The molecule has 0 heterocycles. The highest BCUT2D eigenvalue weighted by Gasteiger charge is 2.21. The number of carbonyl (C=O) groups excluding carboxylic acids is 1. The van der Waals surface area contributed by atoms with Gasteiger partial charge in [-0.2, -0.15) is 0 Å². The van der Waals surface area contributed by atoms with E-state index in [1.165, 1.54) is 0 Å². The maximum atomic E-state index is 11.1. The van der Waals surface area contributed by atoms with Gasteiger partial charge in [0.05, 0.1) is 0 Å². The van der Waals surface area contributed by atoms with E-state index >= 15 is 0 Å². The van der Waals surface area contributed by atoms with Crippen LogP contribution in [0.3, 0.4) is 0 Å². The van der Waals surface area contributed by atoms with Crippen molar-refractivity contribution in [2.24, 2.45) is 17.1 Å². The van der Waals surface area contributed by atoms with Crippen molar-refractivity contribution in [2.75, 3.05) is 6.54 Å². The lowest BCUT2D eigenvalue weighted by atomic mass is 9.81. The van der Waals surface area contributed by atoms with Crippen LogP contribution >= 0.6 is 0 Å². The molecular weight excluding hydrogens is 224 g/mol. The summed E-state index contributed by atoms with van der Waals surface area (Å²) in [5.41, 5.74) is 7.18. The molecule has 0 unspecified atom stereocenters. The second-order valence-corrected chi connectivity index (χ2v) is 5.81. The first-order chi connectivity index (χ1) is 8.33. The summed E-state index contributed by atoms with van der Waals surface area (Å²) in [5, 5.41) is 3.44. The van der Waals surface area contributed by atoms with Gasteiger partial charge in [0.2, 0.25) is 5.91 Å². The van der Waals surface area contributed by atoms with Crippen molar-refractivity contribution in [1.29, 1.82) is 0 Å². The Morgan fingerprint density at radius 3 is 2.61 bits per heavy atom. The summed E-state index contributed by atoms with van der Waals surface area (Å²) in [6, 6.07) is 7.45. The van der Waals surface area contributed by atoms with E-state index in [-0.39, 0.29) is 11.3 Å². The number of nitrogens with one attached hydrogen (secondary N) is 1. The van der Waals surface area contributed by atoms with E-state index in [9.17, 15) is 4.79 Å². The lowest BCUT2D eigenvalue weighted by molar-refractivity contribution is 0.1000. The molecule has 1 rings (SSSR count). The average Bonchev–Trinajstić information content (AvgIpc) is 2.29. The van der Waals surface area contributed by atoms with Crippen molar-refractivity contribution in [2.45, 2.75) is 34.2 Å². The van der Waals surface area contributed by atoms with Crippen molar-refractivity contribution in [3.05, 3.63) is 35.4 Å². The van der Waals surface area contributed by atoms with Crippen molar-refractivity contribution < 1.29 is 4.79 Å². The quantitative estimate of drug-likeness (QED) is 0.813. The average molecular weight is 248 g/mol. The number of primary amides is 1. The molecule has 0 bridgehead atoms. The summed E-state index contributed by atoms with van der Waals surface area (Å²) in [6.07, 6.45) is 0. The third kappa shape index (κ3) is 4.15. The molecule has 3 N–H and O–H groups in total. The van der Waals surface area contributed by atoms with E-state index in [1.807, 2.05) is 18.2 Å². The van der Waals surface area contributed by atoms with Gasteiger partial charge in [0, 0.05) is 18.7 Å². The third-order valence-electron chi connectivity index (χ3n) is 3.68. The van der Waals surface area contributed by atoms with Gasteiger partial charge < -0.3 is 11.1 Å². The molecule has 0 saturated carbocycles. The Balaban J connectivity index is 2.54. The van der Waals surface area contributed by atoms with Gasteiger partial charge in [0.1, 0.15) is 0 Å². The van der Waals surface area contributed by atoms with Gasteiger partial charge in [-0.15, -0.1) is 0 Å². The minimum Gasteiger partial charge on any atom is -0.366 e.